The first kappa shape index (κ1) is 17.6. The van der Waals surface area contributed by atoms with Crippen molar-refractivity contribution < 1.29 is 9.53 Å². The zero-order valence-electron chi connectivity index (χ0n) is 15.3. The molecule has 1 aliphatic rings. The van der Waals surface area contributed by atoms with Gasteiger partial charge in [-0.3, -0.25) is 19.1 Å². The smallest absolute Gasteiger partial charge is 0.224 e. The Bertz CT molecular complexity index is 737. The van der Waals surface area contributed by atoms with Crippen molar-refractivity contribution in [1.82, 2.24) is 29.8 Å². The summed E-state index contributed by atoms with van der Waals surface area (Å²) in [6.07, 6.45) is 3.91. The number of amides is 1. The fourth-order valence-electron chi connectivity index (χ4n) is 3.40. The Morgan fingerprint density at radius 1 is 1.40 bits per heavy atom. The van der Waals surface area contributed by atoms with E-state index in [1.165, 1.54) is 0 Å². The predicted molar refractivity (Wildman–Crippen MR) is 93.0 cm³/mol. The minimum absolute atomic E-state index is 0.0170. The first-order valence-corrected chi connectivity index (χ1v) is 8.51. The lowest BCUT2D eigenvalue weighted by Gasteiger charge is -2.39. The van der Waals surface area contributed by atoms with Crippen LogP contribution in [0.3, 0.4) is 0 Å². The maximum atomic E-state index is 12.3. The van der Waals surface area contributed by atoms with Gasteiger partial charge in [0.05, 0.1) is 36.6 Å². The molecule has 1 amide bonds. The Hall–Kier alpha value is -2.19. The van der Waals surface area contributed by atoms with Crippen LogP contribution in [0.1, 0.15) is 23.0 Å². The number of nitrogens with zero attached hydrogens (tertiary/aromatic N) is 5. The molecule has 1 fully saturated rings. The highest BCUT2D eigenvalue weighted by molar-refractivity contribution is 5.78. The summed E-state index contributed by atoms with van der Waals surface area (Å²) in [5.41, 5.74) is 2.92. The monoisotopic (exact) mass is 346 g/mol. The summed E-state index contributed by atoms with van der Waals surface area (Å²) in [7, 11) is 5.87. The van der Waals surface area contributed by atoms with E-state index in [4.69, 9.17) is 4.74 Å². The molecule has 0 aliphatic carbocycles. The van der Waals surface area contributed by atoms with Crippen molar-refractivity contribution >= 4 is 5.91 Å². The van der Waals surface area contributed by atoms with Crippen LogP contribution >= 0.6 is 0 Å². The van der Waals surface area contributed by atoms with Crippen LogP contribution in [0.4, 0.5) is 0 Å². The third kappa shape index (κ3) is 3.91. The van der Waals surface area contributed by atoms with Gasteiger partial charge in [-0.1, -0.05) is 0 Å². The van der Waals surface area contributed by atoms with Gasteiger partial charge in [-0.25, -0.2) is 0 Å². The molecule has 2 atom stereocenters. The van der Waals surface area contributed by atoms with Crippen LogP contribution in [-0.2, 0) is 30.0 Å². The van der Waals surface area contributed by atoms with Gasteiger partial charge in [-0.2, -0.15) is 10.2 Å². The van der Waals surface area contributed by atoms with E-state index in [2.05, 4.69) is 27.5 Å². The molecule has 0 aromatic carbocycles. The number of hydrogen-bond donors (Lipinski definition) is 1. The largest absolute Gasteiger partial charge is 0.373 e. The number of likely N-dealkylation sites (N-methyl/N-ethyl adjacent to an activating group) is 1. The molecule has 2 aromatic heterocycles. The van der Waals surface area contributed by atoms with Gasteiger partial charge in [0, 0.05) is 45.1 Å². The molecule has 0 bridgehead atoms. The fraction of sp³-hybridized carbons (Fsp3) is 0.588. The third-order valence-electron chi connectivity index (χ3n) is 4.73. The summed E-state index contributed by atoms with van der Waals surface area (Å²) < 4.78 is 9.55. The van der Waals surface area contributed by atoms with E-state index < -0.39 is 0 Å². The number of ether oxygens (including phenoxy) is 1. The molecule has 1 N–H and O–H groups in total. The number of aryl methyl sites for hydroxylation is 3. The summed E-state index contributed by atoms with van der Waals surface area (Å²) in [6, 6.07) is 2.07. The zero-order valence-corrected chi connectivity index (χ0v) is 15.3. The average molecular weight is 346 g/mol. The molecule has 0 radical (unpaired) electrons. The van der Waals surface area contributed by atoms with E-state index in [1.54, 1.807) is 10.9 Å². The second-order valence-electron chi connectivity index (χ2n) is 6.61. The second kappa shape index (κ2) is 7.37. The molecule has 8 nitrogen and oxygen atoms in total. The third-order valence-corrected chi connectivity index (χ3v) is 4.73. The van der Waals surface area contributed by atoms with Gasteiger partial charge in [-0.05, 0) is 20.0 Å². The van der Waals surface area contributed by atoms with Crippen LogP contribution in [0.2, 0.25) is 0 Å². The van der Waals surface area contributed by atoms with E-state index in [1.807, 2.05) is 38.0 Å². The minimum atomic E-state index is -0.104. The standard InChI is InChI=1S/C17H26N6O2/c1-12-13(11-22(3)20-12)9-16(24)18-10-15-17(21(2)7-8-25-15)14-5-6-19-23(14)4/h5-6,11,15,17H,7-10H2,1-4H3,(H,18,24)/t15-,17-/m0/s1. The van der Waals surface area contributed by atoms with E-state index in [0.717, 1.165) is 23.5 Å². The fourth-order valence-corrected chi connectivity index (χ4v) is 3.40. The molecular formula is C17H26N6O2. The van der Waals surface area contributed by atoms with Crippen LogP contribution in [0, 0.1) is 6.92 Å². The van der Waals surface area contributed by atoms with Gasteiger partial charge >= 0.3 is 0 Å². The summed E-state index contributed by atoms with van der Waals surface area (Å²) in [4.78, 5) is 14.6. The maximum absolute atomic E-state index is 12.3. The van der Waals surface area contributed by atoms with Crippen LogP contribution in [0.25, 0.3) is 0 Å². The normalized spacial score (nSPS) is 21.4. The van der Waals surface area contributed by atoms with Crippen LogP contribution in [-0.4, -0.2) is 63.2 Å². The first-order chi connectivity index (χ1) is 12.0. The van der Waals surface area contributed by atoms with Gasteiger partial charge in [-0.15, -0.1) is 0 Å². The Balaban J connectivity index is 1.63. The van der Waals surface area contributed by atoms with Crippen molar-refractivity contribution in [2.75, 3.05) is 26.7 Å². The SMILES string of the molecule is Cc1nn(C)cc1CC(=O)NC[C@@H]1OCCN(C)[C@H]1c1ccnn1C. The molecule has 0 spiro atoms. The lowest BCUT2D eigenvalue weighted by molar-refractivity contribution is -0.122. The molecule has 0 saturated carbocycles. The first-order valence-electron chi connectivity index (χ1n) is 8.51. The van der Waals surface area contributed by atoms with Crippen molar-refractivity contribution in [3.8, 4) is 0 Å². The topological polar surface area (TPSA) is 77.2 Å². The average Bonchev–Trinajstić information content (AvgIpc) is 3.11. The summed E-state index contributed by atoms with van der Waals surface area (Å²) in [5.74, 6) is -0.0170. The molecule has 3 heterocycles. The zero-order chi connectivity index (χ0) is 18.0. The van der Waals surface area contributed by atoms with Crippen LogP contribution in [0.15, 0.2) is 18.5 Å². The Labute approximate surface area is 147 Å². The van der Waals surface area contributed by atoms with Crippen molar-refractivity contribution in [3.05, 3.63) is 35.4 Å². The van der Waals surface area contributed by atoms with Gasteiger partial charge in [0.2, 0.25) is 5.91 Å². The predicted octanol–water partition coefficient (Wildman–Crippen LogP) is 0.193. The van der Waals surface area contributed by atoms with Gasteiger partial charge in [0.15, 0.2) is 0 Å². The molecule has 2 aromatic rings. The van der Waals surface area contributed by atoms with Gasteiger partial charge < -0.3 is 10.1 Å². The van der Waals surface area contributed by atoms with Crippen molar-refractivity contribution in [1.29, 1.82) is 0 Å². The molecule has 25 heavy (non-hydrogen) atoms. The van der Waals surface area contributed by atoms with Crippen molar-refractivity contribution in [3.63, 3.8) is 0 Å². The number of morpholine rings is 1. The minimum Gasteiger partial charge on any atom is -0.373 e. The second-order valence-corrected chi connectivity index (χ2v) is 6.61. The highest BCUT2D eigenvalue weighted by Gasteiger charge is 2.33. The number of carbonyl (C=O) groups is 1. The highest BCUT2D eigenvalue weighted by Crippen LogP contribution is 2.27. The summed E-state index contributed by atoms with van der Waals surface area (Å²) in [6.45, 7) is 3.90. The lowest BCUT2D eigenvalue weighted by atomic mass is 10.0. The van der Waals surface area contributed by atoms with Gasteiger partial charge in [0.25, 0.3) is 0 Å². The van der Waals surface area contributed by atoms with Crippen LogP contribution in [0.5, 0.6) is 0 Å². The van der Waals surface area contributed by atoms with E-state index in [0.29, 0.717) is 19.6 Å². The number of hydrogen-bond acceptors (Lipinski definition) is 5. The van der Waals surface area contributed by atoms with Crippen molar-refractivity contribution in [2.24, 2.45) is 14.1 Å². The van der Waals surface area contributed by atoms with E-state index in [-0.39, 0.29) is 18.1 Å². The molecule has 136 valence electrons. The molecular weight excluding hydrogens is 320 g/mol. The van der Waals surface area contributed by atoms with Crippen LogP contribution < -0.4 is 5.32 Å². The van der Waals surface area contributed by atoms with Crippen molar-refractivity contribution in [2.45, 2.75) is 25.5 Å². The van der Waals surface area contributed by atoms with Gasteiger partial charge in [0.1, 0.15) is 0 Å². The molecule has 0 unspecified atom stereocenters. The number of carbonyl (C=O) groups excluding carboxylic acids is 1. The number of nitrogens with one attached hydrogen (secondary N) is 1. The molecule has 3 rings (SSSR count). The highest BCUT2D eigenvalue weighted by atomic mass is 16.5. The summed E-state index contributed by atoms with van der Waals surface area (Å²) in [5, 5.41) is 11.5. The Morgan fingerprint density at radius 3 is 2.84 bits per heavy atom. The Kier molecular flexibility index (Phi) is 5.19. The number of aromatic nitrogens is 4. The Morgan fingerprint density at radius 2 is 2.20 bits per heavy atom. The quantitative estimate of drug-likeness (QED) is 0.836. The molecule has 1 aliphatic heterocycles. The molecule has 1 saturated heterocycles. The van der Waals surface area contributed by atoms with E-state index >= 15 is 0 Å². The summed E-state index contributed by atoms with van der Waals surface area (Å²) >= 11 is 0. The lowest BCUT2D eigenvalue weighted by Crippen LogP contribution is -2.49. The molecule has 8 heteroatoms. The number of rotatable bonds is 5. The maximum Gasteiger partial charge on any atom is 0.224 e. The van der Waals surface area contributed by atoms with E-state index in [9.17, 15) is 4.79 Å².